The highest BCUT2D eigenvalue weighted by Crippen LogP contribution is 2.39. The van der Waals surface area contributed by atoms with Gasteiger partial charge in [0.15, 0.2) is 12.5 Å². The normalized spacial score (nSPS) is 14.8. The van der Waals surface area contributed by atoms with E-state index >= 15 is 0 Å². The number of nitrogens with one attached hydrogen (secondary N) is 1. The molecule has 1 aliphatic carbocycles. The lowest BCUT2D eigenvalue weighted by Gasteiger charge is -2.10. The first-order chi connectivity index (χ1) is 11.4. The number of oxazole rings is 1. The van der Waals surface area contributed by atoms with E-state index in [0.29, 0.717) is 18.0 Å². The van der Waals surface area contributed by atoms with E-state index in [1.54, 1.807) is 6.26 Å². The summed E-state index contributed by atoms with van der Waals surface area (Å²) < 4.78 is 59.9. The lowest BCUT2D eigenvalue weighted by Crippen LogP contribution is -2.19. The molecule has 1 aromatic carbocycles. The molecule has 0 spiro atoms. The summed E-state index contributed by atoms with van der Waals surface area (Å²) in [7, 11) is 0. The molecule has 2 aromatic rings. The van der Waals surface area contributed by atoms with Gasteiger partial charge in [0.05, 0.1) is 5.69 Å². The molecule has 1 aromatic heterocycles. The Hall–Kier alpha value is -2.09. The largest absolute Gasteiger partial charge is 0.484 e. The number of benzene rings is 1. The first-order valence-corrected chi connectivity index (χ1v) is 7.54. The lowest BCUT2D eigenvalue weighted by atomic mass is 10.2. The molecule has 1 aliphatic rings. The van der Waals surface area contributed by atoms with Crippen LogP contribution in [-0.4, -0.2) is 17.8 Å². The number of alkyl halides is 3. The van der Waals surface area contributed by atoms with Crippen molar-refractivity contribution >= 4 is 0 Å². The zero-order valence-electron chi connectivity index (χ0n) is 12.7. The van der Waals surface area contributed by atoms with E-state index in [-0.39, 0.29) is 12.3 Å². The Labute approximate surface area is 135 Å². The Morgan fingerprint density at radius 2 is 2.04 bits per heavy atom. The van der Waals surface area contributed by atoms with Gasteiger partial charge in [-0.3, -0.25) is 0 Å². The van der Waals surface area contributed by atoms with Gasteiger partial charge in [0.2, 0.25) is 0 Å². The van der Waals surface area contributed by atoms with E-state index in [1.165, 1.54) is 12.1 Å². The van der Waals surface area contributed by atoms with Crippen molar-refractivity contribution in [3.05, 3.63) is 47.4 Å². The van der Waals surface area contributed by atoms with Crippen molar-refractivity contribution in [2.24, 2.45) is 0 Å². The van der Waals surface area contributed by atoms with Crippen LogP contribution in [0.4, 0.5) is 17.6 Å². The van der Waals surface area contributed by atoms with Crippen molar-refractivity contribution < 1.29 is 26.7 Å². The molecule has 0 unspecified atom stereocenters. The summed E-state index contributed by atoms with van der Waals surface area (Å²) in [5, 5.41) is 3.02. The molecule has 3 rings (SSSR count). The van der Waals surface area contributed by atoms with E-state index < -0.39 is 18.6 Å². The molecule has 0 atom stereocenters. The maximum atomic E-state index is 13.9. The molecule has 0 radical (unpaired) electrons. The maximum Gasteiger partial charge on any atom is 0.422 e. The van der Waals surface area contributed by atoms with E-state index in [2.05, 4.69) is 15.0 Å². The Bertz CT molecular complexity index is 696. The molecule has 0 aliphatic heterocycles. The minimum Gasteiger partial charge on any atom is -0.484 e. The van der Waals surface area contributed by atoms with Gasteiger partial charge >= 0.3 is 6.18 Å². The van der Waals surface area contributed by atoms with Gasteiger partial charge in [-0.2, -0.15) is 13.2 Å². The van der Waals surface area contributed by atoms with Crippen LogP contribution in [-0.2, 0) is 13.1 Å². The minimum absolute atomic E-state index is 0.154. The number of aromatic nitrogens is 1. The third-order valence-electron chi connectivity index (χ3n) is 3.54. The standard InChI is InChI=1S/C16H16F4N2O2/c17-14-5-13(24-9-16(18,19)20)4-3-11(14)6-21-7-12-8-23-15(22-12)10-1-2-10/h3-5,8,10,21H,1-2,6-7,9H2. The Morgan fingerprint density at radius 1 is 1.25 bits per heavy atom. The molecule has 1 fully saturated rings. The van der Waals surface area contributed by atoms with Crippen molar-refractivity contribution in [1.29, 1.82) is 0 Å². The molecule has 24 heavy (non-hydrogen) atoms. The number of hydrogen-bond acceptors (Lipinski definition) is 4. The van der Waals surface area contributed by atoms with Crippen LogP contribution in [0.2, 0.25) is 0 Å². The van der Waals surface area contributed by atoms with Crippen LogP contribution in [0.1, 0.15) is 35.9 Å². The fourth-order valence-corrected chi connectivity index (χ4v) is 2.17. The SMILES string of the molecule is Fc1cc(OCC(F)(F)F)ccc1CNCc1coc(C2CC2)n1. The summed E-state index contributed by atoms with van der Waals surface area (Å²) in [6, 6.07) is 3.66. The van der Waals surface area contributed by atoms with Gasteiger partial charge in [-0.1, -0.05) is 6.07 Å². The number of nitrogens with zero attached hydrogens (tertiary/aromatic N) is 1. The minimum atomic E-state index is -4.45. The summed E-state index contributed by atoms with van der Waals surface area (Å²) in [6.45, 7) is -0.807. The van der Waals surface area contributed by atoms with Gasteiger partial charge in [0.1, 0.15) is 17.8 Å². The molecule has 130 valence electrons. The average molecular weight is 344 g/mol. The van der Waals surface area contributed by atoms with Crippen LogP contribution >= 0.6 is 0 Å². The van der Waals surface area contributed by atoms with Gasteiger partial charge in [0, 0.05) is 30.6 Å². The third-order valence-corrected chi connectivity index (χ3v) is 3.54. The lowest BCUT2D eigenvalue weighted by molar-refractivity contribution is -0.153. The second-order valence-corrected chi connectivity index (χ2v) is 5.71. The van der Waals surface area contributed by atoms with Crippen LogP contribution in [0.5, 0.6) is 5.75 Å². The fourth-order valence-electron chi connectivity index (χ4n) is 2.17. The molecule has 8 heteroatoms. The van der Waals surface area contributed by atoms with Crippen LogP contribution in [0.3, 0.4) is 0 Å². The zero-order valence-corrected chi connectivity index (χ0v) is 12.7. The number of halogens is 4. The van der Waals surface area contributed by atoms with Gasteiger partial charge in [-0.05, 0) is 18.9 Å². The van der Waals surface area contributed by atoms with Crippen molar-refractivity contribution in [2.45, 2.75) is 38.0 Å². The molecule has 0 bridgehead atoms. The van der Waals surface area contributed by atoms with Crippen molar-refractivity contribution in [3.63, 3.8) is 0 Å². The van der Waals surface area contributed by atoms with Crippen LogP contribution < -0.4 is 10.1 Å². The summed E-state index contributed by atoms with van der Waals surface area (Å²) >= 11 is 0. The first kappa shape index (κ1) is 16.8. The molecule has 1 N–H and O–H groups in total. The van der Waals surface area contributed by atoms with Crippen LogP contribution in [0.15, 0.2) is 28.9 Å². The molecule has 0 saturated heterocycles. The van der Waals surface area contributed by atoms with E-state index in [0.717, 1.165) is 30.5 Å². The topological polar surface area (TPSA) is 47.3 Å². The molecule has 1 saturated carbocycles. The number of hydrogen-bond donors (Lipinski definition) is 1. The van der Waals surface area contributed by atoms with Crippen molar-refractivity contribution in [3.8, 4) is 5.75 Å². The predicted molar refractivity (Wildman–Crippen MR) is 77.0 cm³/mol. The molecule has 1 heterocycles. The Kier molecular flexibility index (Phi) is 4.75. The van der Waals surface area contributed by atoms with Gasteiger partial charge in [0.25, 0.3) is 0 Å². The number of ether oxygens (including phenoxy) is 1. The fraction of sp³-hybridized carbons (Fsp3) is 0.438. The highest BCUT2D eigenvalue weighted by molar-refractivity contribution is 5.29. The van der Waals surface area contributed by atoms with E-state index in [4.69, 9.17) is 4.42 Å². The summed E-state index contributed by atoms with van der Waals surface area (Å²) in [6.07, 6.45) is -0.679. The summed E-state index contributed by atoms with van der Waals surface area (Å²) in [5.41, 5.74) is 1.07. The summed E-state index contributed by atoms with van der Waals surface area (Å²) in [4.78, 5) is 4.34. The highest BCUT2D eigenvalue weighted by atomic mass is 19.4. The highest BCUT2D eigenvalue weighted by Gasteiger charge is 2.29. The first-order valence-electron chi connectivity index (χ1n) is 7.54. The Balaban J connectivity index is 1.49. The number of rotatable bonds is 7. The molecule has 0 amide bonds. The van der Waals surface area contributed by atoms with Gasteiger partial charge < -0.3 is 14.5 Å². The second-order valence-electron chi connectivity index (χ2n) is 5.71. The average Bonchev–Trinajstić information content (AvgIpc) is 3.26. The monoisotopic (exact) mass is 344 g/mol. The maximum absolute atomic E-state index is 13.9. The summed E-state index contributed by atoms with van der Waals surface area (Å²) in [5.74, 6) is 0.393. The van der Waals surface area contributed by atoms with E-state index in [1.807, 2.05) is 0 Å². The van der Waals surface area contributed by atoms with Crippen LogP contribution in [0.25, 0.3) is 0 Å². The van der Waals surface area contributed by atoms with Crippen LogP contribution in [0, 0.1) is 5.82 Å². The molecular formula is C16H16F4N2O2. The van der Waals surface area contributed by atoms with E-state index in [9.17, 15) is 17.6 Å². The second kappa shape index (κ2) is 6.80. The third kappa shape index (κ3) is 4.70. The quantitative estimate of drug-likeness (QED) is 0.774. The van der Waals surface area contributed by atoms with Crippen molar-refractivity contribution in [1.82, 2.24) is 10.3 Å². The Morgan fingerprint density at radius 3 is 2.71 bits per heavy atom. The smallest absolute Gasteiger partial charge is 0.422 e. The molecular weight excluding hydrogens is 328 g/mol. The zero-order chi connectivity index (χ0) is 17.2. The molecule has 4 nitrogen and oxygen atoms in total. The predicted octanol–water partition coefficient (Wildman–Crippen LogP) is 3.92. The van der Waals surface area contributed by atoms with Crippen molar-refractivity contribution in [2.75, 3.05) is 6.61 Å². The van der Waals surface area contributed by atoms with Gasteiger partial charge in [-0.15, -0.1) is 0 Å². The van der Waals surface area contributed by atoms with Gasteiger partial charge in [-0.25, -0.2) is 9.37 Å².